The van der Waals surface area contributed by atoms with Crippen LogP contribution in [0.2, 0.25) is 0 Å². The van der Waals surface area contributed by atoms with E-state index >= 15 is 0 Å². The summed E-state index contributed by atoms with van der Waals surface area (Å²) < 4.78 is 1.01. The van der Waals surface area contributed by atoms with Gasteiger partial charge in [-0.3, -0.25) is 0 Å². The summed E-state index contributed by atoms with van der Waals surface area (Å²) in [5.41, 5.74) is 0.922. The lowest BCUT2D eigenvalue weighted by molar-refractivity contribution is 0.644. The Hall–Kier alpha value is -0.940. The zero-order chi connectivity index (χ0) is 11.3. The summed E-state index contributed by atoms with van der Waals surface area (Å²) in [6.45, 7) is 0. The molecule has 0 atom stereocenters. The lowest BCUT2D eigenvalue weighted by Gasteiger charge is -2.06. The Labute approximate surface area is 103 Å². The second-order valence-electron chi connectivity index (χ2n) is 3.15. The number of anilines is 1. The first-order chi connectivity index (χ1) is 7.08. The van der Waals surface area contributed by atoms with E-state index in [0.29, 0.717) is 5.11 Å². The van der Waals surface area contributed by atoms with Gasteiger partial charge in [-0.15, -0.1) is 0 Å². The Morgan fingerprint density at radius 1 is 1.53 bits per heavy atom. The molecule has 1 aromatic carbocycles. The molecule has 0 saturated carbocycles. The Balaban J connectivity index is 2.59. The third-order valence-corrected chi connectivity index (χ3v) is 2.18. The monoisotopic (exact) mass is 285 g/mol. The number of rotatable bonds is 2. The number of aliphatic imine (C=N–C) groups is 1. The molecule has 0 aromatic heterocycles. The first kappa shape index (κ1) is 12.1. The third-order valence-electron chi connectivity index (χ3n) is 1.48. The Morgan fingerprint density at radius 3 is 2.87 bits per heavy atom. The molecule has 0 unspecified atom stereocenters. The van der Waals surface area contributed by atoms with Crippen molar-refractivity contribution < 1.29 is 0 Å². The topological polar surface area (TPSA) is 27.6 Å². The van der Waals surface area contributed by atoms with Crippen LogP contribution < -0.4 is 5.32 Å². The van der Waals surface area contributed by atoms with Crippen molar-refractivity contribution in [2.24, 2.45) is 4.99 Å². The number of thiocarbonyl (C=S) groups is 1. The van der Waals surface area contributed by atoms with Gasteiger partial charge in [0.1, 0.15) is 0 Å². The van der Waals surface area contributed by atoms with E-state index in [-0.39, 0.29) is 0 Å². The summed E-state index contributed by atoms with van der Waals surface area (Å²) in [4.78, 5) is 5.88. The van der Waals surface area contributed by atoms with Gasteiger partial charge in [0.05, 0.1) is 6.34 Å². The van der Waals surface area contributed by atoms with Crippen LogP contribution in [-0.2, 0) is 0 Å². The van der Waals surface area contributed by atoms with Crippen molar-refractivity contribution in [3.8, 4) is 0 Å². The van der Waals surface area contributed by atoms with Gasteiger partial charge in [0.15, 0.2) is 5.11 Å². The molecule has 0 aliphatic heterocycles. The van der Waals surface area contributed by atoms with Gasteiger partial charge >= 0.3 is 0 Å². The predicted octanol–water partition coefficient (Wildman–Crippen LogP) is 2.74. The van der Waals surface area contributed by atoms with Crippen LogP contribution in [-0.4, -0.2) is 30.4 Å². The summed E-state index contributed by atoms with van der Waals surface area (Å²) in [7, 11) is 3.79. The van der Waals surface area contributed by atoms with Gasteiger partial charge < -0.3 is 10.2 Å². The van der Waals surface area contributed by atoms with Crippen molar-refractivity contribution in [1.82, 2.24) is 4.90 Å². The van der Waals surface area contributed by atoms with Crippen molar-refractivity contribution in [3.05, 3.63) is 28.7 Å². The van der Waals surface area contributed by atoms with Gasteiger partial charge in [-0.2, -0.15) is 0 Å². The van der Waals surface area contributed by atoms with E-state index in [1.165, 1.54) is 0 Å². The highest BCUT2D eigenvalue weighted by molar-refractivity contribution is 9.10. The highest BCUT2D eigenvalue weighted by Gasteiger charge is 1.95. The van der Waals surface area contributed by atoms with Crippen molar-refractivity contribution in [2.45, 2.75) is 0 Å². The Bertz CT molecular complexity index is 377. The molecule has 0 aliphatic rings. The lowest BCUT2D eigenvalue weighted by atomic mass is 10.3. The molecule has 0 bridgehead atoms. The fraction of sp³-hybridized carbons (Fsp3) is 0.200. The minimum absolute atomic E-state index is 0.446. The molecule has 0 spiro atoms. The second-order valence-corrected chi connectivity index (χ2v) is 4.45. The van der Waals surface area contributed by atoms with Crippen LogP contribution in [0.25, 0.3) is 0 Å². The number of hydrogen-bond acceptors (Lipinski definition) is 1. The van der Waals surface area contributed by atoms with E-state index in [0.717, 1.165) is 10.2 Å². The average Bonchev–Trinajstić information content (AvgIpc) is 2.15. The van der Waals surface area contributed by atoms with Crippen molar-refractivity contribution in [2.75, 3.05) is 19.4 Å². The highest BCUT2D eigenvalue weighted by atomic mass is 79.9. The number of nitrogens with one attached hydrogen (secondary N) is 1. The molecular weight excluding hydrogens is 274 g/mol. The van der Waals surface area contributed by atoms with Gasteiger partial charge in [-0.05, 0) is 30.4 Å². The van der Waals surface area contributed by atoms with Crippen LogP contribution in [0.5, 0.6) is 0 Å². The fourth-order valence-electron chi connectivity index (χ4n) is 0.890. The molecule has 1 aromatic rings. The number of nitrogens with zero attached hydrogens (tertiary/aromatic N) is 2. The quantitative estimate of drug-likeness (QED) is 0.514. The summed E-state index contributed by atoms with van der Waals surface area (Å²) >= 11 is 8.43. The largest absolute Gasteiger partial charge is 0.369 e. The van der Waals surface area contributed by atoms with Crippen molar-refractivity contribution in [1.29, 1.82) is 0 Å². The van der Waals surface area contributed by atoms with E-state index in [1.54, 1.807) is 6.34 Å². The maximum Gasteiger partial charge on any atom is 0.198 e. The molecule has 0 aliphatic carbocycles. The molecule has 1 N–H and O–H groups in total. The molecule has 3 nitrogen and oxygen atoms in total. The zero-order valence-corrected chi connectivity index (χ0v) is 11.0. The van der Waals surface area contributed by atoms with Crippen LogP contribution >= 0.6 is 28.1 Å². The van der Waals surface area contributed by atoms with Gasteiger partial charge in [-0.25, -0.2) is 4.99 Å². The van der Waals surface area contributed by atoms with Crippen LogP contribution in [0, 0.1) is 0 Å². The third kappa shape index (κ3) is 4.90. The lowest BCUT2D eigenvalue weighted by Crippen LogP contribution is -2.12. The standard InChI is InChI=1S/C10H12BrN3S/c1-14(2)7-12-10(15)13-9-5-3-4-8(11)6-9/h3-7H,1-2H3,(H,13,15). The van der Waals surface area contributed by atoms with E-state index in [1.807, 2.05) is 43.3 Å². The Kier molecular flexibility index (Phi) is 4.71. The highest BCUT2D eigenvalue weighted by Crippen LogP contribution is 2.15. The average molecular weight is 286 g/mol. The van der Waals surface area contributed by atoms with Crippen LogP contribution in [0.3, 0.4) is 0 Å². The molecule has 0 heterocycles. The van der Waals surface area contributed by atoms with E-state index in [2.05, 4.69) is 26.2 Å². The normalized spacial score (nSPS) is 10.3. The molecular formula is C10H12BrN3S. The van der Waals surface area contributed by atoms with E-state index in [4.69, 9.17) is 12.2 Å². The first-order valence-electron chi connectivity index (χ1n) is 4.35. The summed E-state index contributed by atoms with van der Waals surface area (Å²) in [5, 5.41) is 3.46. The summed E-state index contributed by atoms with van der Waals surface area (Å²) in [5.74, 6) is 0. The van der Waals surface area contributed by atoms with E-state index in [9.17, 15) is 0 Å². The van der Waals surface area contributed by atoms with Crippen LogP contribution in [0.4, 0.5) is 5.69 Å². The molecule has 0 amide bonds. The van der Waals surface area contributed by atoms with Crippen molar-refractivity contribution >= 4 is 45.3 Å². The fourth-order valence-corrected chi connectivity index (χ4v) is 1.45. The Morgan fingerprint density at radius 2 is 2.27 bits per heavy atom. The van der Waals surface area contributed by atoms with Crippen LogP contribution in [0.15, 0.2) is 33.7 Å². The molecule has 0 fully saturated rings. The second kappa shape index (κ2) is 5.82. The molecule has 15 heavy (non-hydrogen) atoms. The molecule has 1 rings (SSSR count). The summed E-state index contributed by atoms with van der Waals surface area (Å²) in [6, 6.07) is 7.77. The molecule has 5 heteroatoms. The van der Waals surface area contributed by atoms with Gasteiger partial charge in [0, 0.05) is 24.3 Å². The molecule has 0 saturated heterocycles. The molecule has 80 valence electrons. The van der Waals surface area contributed by atoms with Crippen LogP contribution in [0.1, 0.15) is 0 Å². The minimum atomic E-state index is 0.446. The number of benzene rings is 1. The van der Waals surface area contributed by atoms with Crippen molar-refractivity contribution in [3.63, 3.8) is 0 Å². The van der Waals surface area contributed by atoms with Gasteiger partial charge in [-0.1, -0.05) is 22.0 Å². The maximum atomic E-state index is 5.05. The SMILES string of the molecule is CN(C)C=NC(=S)Nc1cccc(Br)c1. The minimum Gasteiger partial charge on any atom is -0.369 e. The predicted molar refractivity (Wildman–Crippen MR) is 72.5 cm³/mol. The molecule has 0 radical (unpaired) electrons. The number of halogens is 1. The van der Waals surface area contributed by atoms with Gasteiger partial charge in [0.2, 0.25) is 0 Å². The smallest absolute Gasteiger partial charge is 0.198 e. The summed E-state index contributed by atoms with van der Waals surface area (Å²) in [6.07, 6.45) is 1.66. The number of hydrogen-bond donors (Lipinski definition) is 1. The van der Waals surface area contributed by atoms with Gasteiger partial charge in [0.25, 0.3) is 0 Å². The first-order valence-corrected chi connectivity index (χ1v) is 5.55. The van der Waals surface area contributed by atoms with E-state index < -0.39 is 0 Å². The zero-order valence-electron chi connectivity index (χ0n) is 8.57. The maximum absolute atomic E-state index is 5.05.